The van der Waals surface area contributed by atoms with E-state index in [2.05, 4.69) is 16.8 Å². The zero-order valence-corrected chi connectivity index (χ0v) is 11.4. The molecule has 1 unspecified atom stereocenters. The van der Waals surface area contributed by atoms with Crippen molar-refractivity contribution in [3.05, 3.63) is 0 Å². The van der Waals surface area contributed by atoms with Crippen LogP contribution in [0.1, 0.15) is 12.8 Å². The molecule has 0 amide bonds. The molecule has 2 rings (SSSR count). The van der Waals surface area contributed by atoms with Gasteiger partial charge >= 0.3 is 0 Å². The van der Waals surface area contributed by atoms with Crippen molar-refractivity contribution in [2.75, 3.05) is 51.3 Å². The standard InChI is InChI=1S/C11H23N3O2S/c1-13-4-6-14(7-5-13)11(9-12)3-2-8-17(15,16)10-11/h2-10,12H2,1H3. The number of nitrogens with zero attached hydrogens (tertiary/aromatic N) is 2. The molecule has 2 N–H and O–H groups in total. The Morgan fingerprint density at radius 3 is 2.41 bits per heavy atom. The van der Waals surface area contributed by atoms with Crippen molar-refractivity contribution in [1.82, 2.24) is 9.80 Å². The molecular weight excluding hydrogens is 238 g/mol. The van der Waals surface area contributed by atoms with E-state index in [1.54, 1.807) is 0 Å². The largest absolute Gasteiger partial charge is 0.329 e. The summed E-state index contributed by atoms with van der Waals surface area (Å²) in [5.74, 6) is 0.586. The van der Waals surface area contributed by atoms with Gasteiger partial charge in [0, 0.05) is 38.3 Å². The molecule has 5 nitrogen and oxygen atoms in total. The van der Waals surface area contributed by atoms with Crippen LogP contribution in [0.4, 0.5) is 0 Å². The Balaban J connectivity index is 2.13. The van der Waals surface area contributed by atoms with E-state index in [4.69, 9.17) is 5.73 Å². The molecule has 0 saturated carbocycles. The Labute approximate surface area is 104 Å². The van der Waals surface area contributed by atoms with Crippen LogP contribution in [0.3, 0.4) is 0 Å². The summed E-state index contributed by atoms with van der Waals surface area (Å²) in [6, 6.07) is 0. The molecule has 0 radical (unpaired) electrons. The van der Waals surface area contributed by atoms with Crippen molar-refractivity contribution < 1.29 is 8.42 Å². The Kier molecular flexibility index (Phi) is 3.77. The Morgan fingerprint density at radius 1 is 1.24 bits per heavy atom. The second-order valence-electron chi connectivity index (χ2n) is 5.41. The summed E-state index contributed by atoms with van der Waals surface area (Å²) in [7, 11) is -0.799. The van der Waals surface area contributed by atoms with Crippen molar-refractivity contribution >= 4 is 9.84 Å². The van der Waals surface area contributed by atoms with Gasteiger partial charge in [0.1, 0.15) is 0 Å². The normalized spacial score (nSPS) is 35.9. The first-order valence-electron chi connectivity index (χ1n) is 6.32. The quantitative estimate of drug-likeness (QED) is 0.701. The number of hydrogen-bond donors (Lipinski definition) is 1. The maximum Gasteiger partial charge on any atom is 0.152 e. The summed E-state index contributed by atoms with van der Waals surface area (Å²) in [4.78, 5) is 4.59. The number of hydrogen-bond acceptors (Lipinski definition) is 5. The summed E-state index contributed by atoms with van der Waals surface area (Å²) in [5.41, 5.74) is 5.61. The van der Waals surface area contributed by atoms with Gasteiger partial charge in [0.05, 0.1) is 11.5 Å². The van der Waals surface area contributed by atoms with Crippen LogP contribution in [0.2, 0.25) is 0 Å². The van der Waals surface area contributed by atoms with Crippen LogP contribution >= 0.6 is 0 Å². The number of nitrogens with two attached hydrogens (primary N) is 1. The molecule has 1 atom stereocenters. The predicted molar refractivity (Wildman–Crippen MR) is 68.7 cm³/mol. The van der Waals surface area contributed by atoms with E-state index in [0.29, 0.717) is 12.3 Å². The molecule has 6 heteroatoms. The lowest BCUT2D eigenvalue weighted by Gasteiger charge is -2.48. The highest BCUT2D eigenvalue weighted by atomic mass is 32.2. The molecule has 17 heavy (non-hydrogen) atoms. The summed E-state index contributed by atoms with van der Waals surface area (Å²) in [6.45, 7) is 4.33. The van der Waals surface area contributed by atoms with Gasteiger partial charge in [-0.15, -0.1) is 0 Å². The van der Waals surface area contributed by atoms with E-state index >= 15 is 0 Å². The average Bonchev–Trinajstić information content (AvgIpc) is 2.28. The molecule has 0 aromatic rings. The van der Waals surface area contributed by atoms with Crippen LogP contribution in [0.25, 0.3) is 0 Å². The van der Waals surface area contributed by atoms with Gasteiger partial charge in [0.15, 0.2) is 9.84 Å². The molecule has 0 spiro atoms. The molecular formula is C11H23N3O2S. The van der Waals surface area contributed by atoms with E-state index in [1.807, 2.05) is 0 Å². The summed E-state index contributed by atoms with van der Waals surface area (Å²) >= 11 is 0. The second-order valence-corrected chi connectivity index (χ2v) is 7.60. The van der Waals surface area contributed by atoms with E-state index in [0.717, 1.165) is 39.0 Å². The van der Waals surface area contributed by atoms with Crippen LogP contribution in [0.5, 0.6) is 0 Å². The fraction of sp³-hybridized carbons (Fsp3) is 1.00. The van der Waals surface area contributed by atoms with Gasteiger partial charge in [0.2, 0.25) is 0 Å². The molecule has 2 heterocycles. The summed E-state index contributed by atoms with van der Waals surface area (Å²) in [5, 5.41) is 0. The number of rotatable bonds is 2. The molecule has 0 aliphatic carbocycles. The van der Waals surface area contributed by atoms with Crippen molar-refractivity contribution in [2.45, 2.75) is 18.4 Å². The lowest BCUT2D eigenvalue weighted by Crippen LogP contribution is -2.64. The Bertz CT molecular complexity index is 363. The zero-order chi connectivity index (χ0) is 12.5. The Morgan fingerprint density at radius 2 is 1.88 bits per heavy atom. The highest BCUT2D eigenvalue weighted by Crippen LogP contribution is 2.29. The topological polar surface area (TPSA) is 66.6 Å². The third-order valence-corrected chi connectivity index (χ3v) is 6.03. The van der Waals surface area contributed by atoms with Gasteiger partial charge in [-0.3, -0.25) is 4.90 Å². The minimum absolute atomic E-state index is 0.250. The van der Waals surface area contributed by atoms with Crippen LogP contribution in [0.15, 0.2) is 0 Å². The minimum Gasteiger partial charge on any atom is -0.329 e. The van der Waals surface area contributed by atoms with Crippen molar-refractivity contribution in [3.8, 4) is 0 Å². The molecule has 100 valence electrons. The first-order chi connectivity index (χ1) is 7.97. The third kappa shape index (κ3) is 2.81. The lowest BCUT2D eigenvalue weighted by molar-refractivity contribution is 0.0496. The van der Waals surface area contributed by atoms with Gasteiger partial charge in [-0.1, -0.05) is 0 Å². The zero-order valence-electron chi connectivity index (χ0n) is 10.6. The first-order valence-corrected chi connectivity index (χ1v) is 8.14. The SMILES string of the molecule is CN1CCN(C2(CN)CCCS(=O)(=O)C2)CC1. The van der Waals surface area contributed by atoms with E-state index in [-0.39, 0.29) is 11.3 Å². The highest BCUT2D eigenvalue weighted by molar-refractivity contribution is 7.91. The predicted octanol–water partition coefficient (Wildman–Crippen LogP) is -0.860. The van der Waals surface area contributed by atoms with Crippen molar-refractivity contribution in [1.29, 1.82) is 0 Å². The maximum absolute atomic E-state index is 11.8. The molecule has 0 aromatic heterocycles. The molecule has 0 aromatic carbocycles. The maximum atomic E-state index is 11.8. The van der Waals surface area contributed by atoms with Gasteiger partial charge in [-0.2, -0.15) is 0 Å². The number of likely N-dealkylation sites (N-methyl/N-ethyl adjacent to an activating group) is 1. The lowest BCUT2D eigenvalue weighted by atomic mass is 9.92. The molecule has 2 aliphatic heterocycles. The van der Waals surface area contributed by atoms with Crippen molar-refractivity contribution in [2.24, 2.45) is 5.73 Å². The molecule has 2 saturated heterocycles. The monoisotopic (exact) mass is 261 g/mol. The van der Waals surface area contributed by atoms with E-state index < -0.39 is 9.84 Å². The summed E-state index contributed by atoms with van der Waals surface area (Å²) in [6.07, 6.45) is 1.68. The molecule has 0 bridgehead atoms. The Hall–Kier alpha value is -0.170. The average molecular weight is 261 g/mol. The smallest absolute Gasteiger partial charge is 0.152 e. The molecule has 2 aliphatic rings. The molecule has 2 fully saturated rings. The minimum atomic E-state index is -2.90. The van der Waals surface area contributed by atoms with Gasteiger partial charge < -0.3 is 10.6 Å². The third-order valence-electron chi connectivity index (χ3n) is 4.14. The van der Waals surface area contributed by atoms with Gasteiger partial charge in [-0.25, -0.2) is 8.42 Å². The van der Waals surface area contributed by atoms with Crippen LogP contribution < -0.4 is 5.73 Å². The van der Waals surface area contributed by atoms with E-state index in [9.17, 15) is 8.42 Å². The number of piperazine rings is 1. The first kappa shape index (κ1) is 13.3. The van der Waals surface area contributed by atoms with Gasteiger partial charge in [0.25, 0.3) is 0 Å². The van der Waals surface area contributed by atoms with Gasteiger partial charge in [-0.05, 0) is 19.9 Å². The van der Waals surface area contributed by atoms with Crippen LogP contribution in [0, 0.1) is 0 Å². The highest BCUT2D eigenvalue weighted by Gasteiger charge is 2.43. The van der Waals surface area contributed by atoms with E-state index in [1.165, 1.54) is 0 Å². The second kappa shape index (κ2) is 4.84. The summed E-state index contributed by atoms with van der Waals surface area (Å²) < 4.78 is 23.7. The van der Waals surface area contributed by atoms with Crippen LogP contribution in [-0.4, -0.2) is 75.0 Å². The van der Waals surface area contributed by atoms with Crippen LogP contribution in [-0.2, 0) is 9.84 Å². The number of sulfone groups is 1. The van der Waals surface area contributed by atoms with Crippen molar-refractivity contribution in [3.63, 3.8) is 0 Å². The fourth-order valence-electron chi connectivity index (χ4n) is 3.00. The fourth-order valence-corrected chi connectivity index (χ4v) is 4.99.